The molecule has 1 N–H and O–H groups in total. The van der Waals surface area contributed by atoms with E-state index in [-0.39, 0.29) is 18.9 Å². The van der Waals surface area contributed by atoms with Crippen LogP contribution in [0.4, 0.5) is 8.78 Å². The summed E-state index contributed by atoms with van der Waals surface area (Å²) in [6.07, 6.45) is 0.908. The molecule has 1 fully saturated rings. The van der Waals surface area contributed by atoms with Gasteiger partial charge in [0.15, 0.2) is 0 Å². The van der Waals surface area contributed by atoms with Crippen LogP contribution in [0.1, 0.15) is 29.6 Å². The number of benzene rings is 1. The van der Waals surface area contributed by atoms with Gasteiger partial charge in [-0.2, -0.15) is 0 Å². The van der Waals surface area contributed by atoms with Gasteiger partial charge in [-0.05, 0) is 31.0 Å². The minimum absolute atomic E-state index is 0.0169. The molecule has 0 aromatic heterocycles. The second-order valence-corrected chi connectivity index (χ2v) is 4.79. The van der Waals surface area contributed by atoms with Crippen molar-refractivity contribution in [1.82, 2.24) is 5.32 Å². The molecule has 0 radical (unpaired) electrons. The van der Waals surface area contributed by atoms with Gasteiger partial charge in [0.1, 0.15) is 5.75 Å². The Morgan fingerprint density at radius 3 is 2.95 bits per heavy atom. The highest BCUT2D eigenvalue weighted by atomic mass is 19.3. The monoisotopic (exact) mass is 269 g/mol. The fraction of sp³-hybridized carbons (Fsp3) is 0.500. The molecule has 2 rings (SSSR count). The first-order chi connectivity index (χ1) is 9.03. The van der Waals surface area contributed by atoms with E-state index in [0.29, 0.717) is 24.2 Å². The van der Waals surface area contributed by atoms with E-state index in [9.17, 15) is 13.6 Å². The number of nitrogens with one attached hydrogen (secondary N) is 1. The fourth-order valence-electron chi connectivity index (χ4n) is 2.33. The van der Waals surface area contributed by atoms with Gasteiger partial charge in [0, 0.05) is 24.4 Å². The largest absolute Gasteiger partial charge is 0.497 e. The number of alkyl halides is 2. The molecule has 0 heterocycles. The van der Waals surface area contributed by atoms with E-state index < -0.39 is 11.8 Å². The maximum atomic E-state index is 13.4. The van der Waals surface area contributed by atoms with Crippen molar-refractivity contribution in [2.75, 3.05) is 13.7 Å². The highest BCUT2D eigenvalue weighted by Gasteiger charge is 2.43. The number of halogens is 2. The molecule has 1 unspecified atom stereocenters. The average molecular weight is 269 g/mol. The second kappa shape index (κ2) is 5.55. The van der Waals surface area contributed by atoms with Crippen LogP contribution >= 0.6 is 0 Å². The minimum Gasteiger partial charge on any atom is -0.497 e. The van der Waals surface area contributed by atoms with Crippen LogP contribution in [0.2, 0.25) is 0 Å². The topological polar surface area (TPSA) is 38.3 Å². The van der Waals surface area contributed by atoms with Crippen LogP contribution in [0, 0.1) is 5.92 Å². The summed E-state index contributed by atoms with van der Waals surface area (Å²) in [4.78, 5) is 11.9. The van der Waals surface area contributed by atoms with E-state index in [1.165, 1.54) is 7.11 Å². The molecule has 19 heavy (non-hydrogen) atoms. The molecular weight excluding hydrogens is 252 g/mol. The molecule has 0 spiro atoms. The Kier molecular flexibility index (Phi) is 4.02. The van der Waals surface area contributed by atoms with Crippen LogP contribution in [-0.4, -0.2) is 25.5 Å². The van der Waals surface area contributed by atoms with Gasteiger partial charge < -0.3 is 10.1 Å². The molecule has 1 amide bonds. The number of rotatable bonds is 4. The van der Waals surface area contributed by atoms with Gasteiger partial charge in [-0.15, -0.1) is 0 Å². The number of hydrogen-bond acceptors (Lipinski definition) is 2. The lowest BCUT2D eigenvalue weighted by atomic mass is 10.1. The highest BCUT2D eigenvalue weighted by Crippen LogP contribution is 2.39. The first-order valence-electron chi connectivity index (χ1n) is 6.33. The van der Waals surface area contributed by atoms with Crippen molar-refractivity contribution in [3.8, 4) is 5.75 Å². The molecule has 1 aromatic rings. The zero-order valence-corrected chi connectivity index (χ0v) is 10.8. The van der Waals surface area contributed by atoms with Crippen LogP contribution in [0.3, 0.4) is 0 Å². The molecule has 1 atom stereocenters. The lowest BCUT2D eigenvalue weighted by Gasteiger charge is -2.19. The number of amides is 1. The van der Waals surface area contributed by atoms with Crippen molar-refractivity contribution in [1.29, 1.82) is 0 Å². The van der Waals surface area contributed by atoms with E-state index in [4.69, 9.17) is 4.74 Å². The summed E-state index contributed by atoms with van der Waals surface area (Å²) in [6.45, 7) is 0.0169. The van der Waals surface area contributed by atoms with Crippen LogP contribution in [-0.2, 0) is 0 Å². The molecule has 1 aliphatic rings. The van der Waals surface area contributed by atoms with Gasteiger partial charge in [0.2, 0.25) is 0 Å². The third-order valence-electron chi connectivity index (χ3n) is 3.50. The predicted octanol–water partition coefficient (Wildman–Crippen LogP) is 2.86. The maximum absolute atomic E-state index is 13.4. The Morgan fingerprint density at radius 2 is 2.32 bits per heavy atom. The molecule has 0 aliphatic heterocycles. The Balaban J connectivity index is 1.94. The van der Waals surface area contributed by atoms with Crippen LogP contribution in [0.5, 0.6) is 5.75 Å². The molecule has 1 aromatic carbocycles. The number of ether oxygens (including phenoxy) is 1. The van der Waals surface area contributed by atoms with E-state index in [1.54, 1.807) is 24.3 Å². The quantitative estimate of drug-likeness (QED) is 0.912. The number of methoxy groups -OCH3 is 1. The SMILES string of the molecule is COc1cccc(C(=O)NCC2CCCC2(F)F)c1. The van der Waals surface area contributed by atoms with Crippen molar-refractivity contribution in [2.24, 2.45) is 5.92 Å². The fourth-order valence-corrected chi connectivity index (χ4v) is 2.33. The summed E-state index contributed by atoms with van der Waals surface area (Å²) < 4.78 is 31.8. The van der Waals surface area contributed by atoms with Gasteiger partial charge in [-0.25, -0.2) is 8.78 Å². The van der Waals surface area contributed by atoms with Crippen LogP contribution in [0.15, 0.2) is 24.3 Å². The molecule has 3 nitrogen and oxygen atoms in total. The van der Waals surface area contributed by atoms with E-state index >= 15 is 0 Å². The third kappa shape index (κ3) is 3.22. The minimum atomic E-state index is -2.65. The summed E-state index contributed by atoms with van der Waals surface area (Å²) in [5.41, 5.74) is 0.417. The van der Waals surface area contributed by atoms with E-state index in [0.717, 1.165) is 0 Å². The first-order valence-corrected chi connectivity index (χ1v) is 6.33. The Morgan fingerprint density at radius 1 is 1.53 bits per heavy atom. The van der Waals surface area contributed by atoms with Crippen molar-refractivity contribution >= 4 is 5.91 Å². The standard InChI is InChI=1S/C14H17F2NO2/c1-19-12-6-2-4-10(8-12)13(18)17-9-11-5-3-7-14(11,15)16/h2,4,6,8,11H,3,5,7,9H2,1H3,(H,17,18). The number of hydrogen-bond donors (Lipinski definition) is 1. The molecule has 104 valence electrons. The molecule has 5 heteroatoms. The Bertz CT molecular complexity index is 463. The second-order valence-electron chi connectivity index (χ2n) is 4.79. The summed E-state index contributed by atoms with van der Waals surface area (Å²) in [5, 5.41) is 2.57. The molecular formula is C14H17F2NO2. The molecule has 0 bridgehead atoms. The Hall–Kier alpha value is -1.65. The zero-order chi connectivity index (χ0) is 13.9. The van der Waals surface area contributed by atoms with Crippen molar-refractivity contribution in [2.45, 2.75) is 25.2 Å². The van der Waals surface area contributed by atoms with Crippen LogP contribution < -0.4 is 10.1 Å². The summed E-state index contributed by atoms with van der Waals surface area (Å²) in [6, 6.07) is 6.63. The lowest BCUT2D eigenvalue weighted by Crippen LogP contribution is -2.35. The molecule has 1 aliphatic carbocycles. The Labute approximate surface area is 111 Å². The smallest absolute Gasteiger partial charge is 0.252 e. The summed E-state index contributed by atoms with van der Waals surface area (Å²) in [7, 11) is 1.51. The summed E-state index contributed by atoms with van der Waals surface area (Å²) in [5.74, 6) is -3.18. The highest BCUT2D eigenvalue weighted by molar-refractivity contribution is 5.94. The molecule has 0 saturated heterocycles. The van der Waals surface area contributed by atoms with Crippen molar-refractivity contribution in [3.05, 3.63) is 29.8 Å². The van der Waals surface area contributed by atoms with Gasteiger partial charge >= 0.3 is 0 Å². The number of carbonyl (C=O) groups excluding carboxylic acids is 1. The van der Waals surface area contributed by atoms with Gasteiger partial charge in [-0.3, -0.25) is 4.79 Å². The van der Waals surface area contributed by atoms with Crippen molar-refractivity contribution < 1.29 is 18.3 Å². The van der Waals surface area contributed by atoms with E-state index in [2.05, 4.69) is 5.32 Å². The van der Waals surface area contributed by atoms with Gasteiger partial charge in [-0.1, -0.05) is 6.07 Å². The average Bonchev–Trinajstić information content (AvgIpc) is 2.75. The maximum Gasteiger partial charge on any atom is 0.252 e. The third-order valence-corrected chi connectivity index (χ3v) is 3.50. The van der Waals surface area contributed by atoms with E-state index in [1.807, 2.05) is 0 Å². The van der Waals surface area contributed by atoms with Crippen LogP contribution in [0.25, 0.3) is 0 Å². The normalized spacial score (nSPS) is 21.1. The van der Waals surface area contributed by atoms with Crippen molar-refractivity contribution in [3.63, 3.8) is 0 Å². The van der Waals surface area contributed by atoms with Gasteiger partial charge in [0.25, 0.3) is 11.8 Å². The predicted molar refractivity (Wildman–Crippen MR) is 67.6 cm³/mol. The first kappa shape index (κ1) is 13.8. The van der Waals surface area contributed by atoms with Gasteiger partial charge in [0.05, 0.1) is 7.11 Å². The summed E-state index contributed by atoms with van der Waals surface area (Å²) >= 11 is 0. The number of carbonyl (C=O) groups is 1. The lowest BCUT2D eigenvalue weighted by molar-refractivity contribution is -0.0352. The molecule has 1 saturated carbocycles. The zero-order valence-electron chi connectivity index (χ0n) is 10.8.